The van der Waals surface area contributed by atoms with Crippen molar-refractivity contribution < 1.29 is 4.39 Å². The van der Waals surface area contributed by atoms with Gasteiger partial charge in [0.2, 0.25) is 0 Å². The quantitative estimate of drug-likeness (QED) is 0.881. The summed E-state index contributed by atoms with van der Waals surface area (Å²) in [6.45, 7) is 5.54. The third-order valence-corrected chi connectivity index (χ3v) is 3.20. The predicted molar refractivity (Wildman–Crippen MR) is 76.9 cm³/mol. The smallest absolute Gasteiger partial charge is 0.146 e. The van der Waals surface area contributed by atoms with Crippen molar-refractivity contribution in [1.29, 1.82) is 0 Å². The van der Waals surface area contributed by atoms with Gasteiger partial charge >= 0.3 is 0 Å². The van der Waals surface area contributed by atoms with Crippen LogP contribution in [0.2, 0.25) is 5.02 Å². The predicted octanol–water partition coefficient (Wildman–Crippen LogP) is 3.83. The second-order valence-electron chi connectivity index (χ2n) is 4.94. The molecule has 1 N–H and O–H groups in total. The van der Waals surface area contributed by atoms with E-state index in [1.165, 1.54) is 5.56 Å². The van der Waals surface area contributed by atoms with E-state index in [2.05, 4.69) is 19.2 Å². The first-order chi connectivity index (χ1) is 9.06. The molecule has 0 aliphatic rings. The zero-order chi connectivity index (χ0) is 13.8. The molecule has 102 valence electrons. The largest absolute Gasteiger partial charge is 0.349 e. The highest BCUT2D eigenvalue weighted by Crippen LogP contribution is 2.19. The number of hydrogen-bond donors (Lipinski definition) is 1. The van der Waals surface area contributed by atoms with E-state index in [4.69, 9.17) is 11.6 Å². The van der Waals surface area contributed by atoms with E-state index in [0.29, 0.717) is 18.2 Å². The maximum Gasteiger partial charge on any atom is 0.146 e. The Morgan fingerprint density at radius 1 is 1.32 bits per heavy atom. The molecule has 0 unspecified atom stereocenters. The number of nitrogens with zero attached hydrogens (tertiary/aromatic N) is 1. The molecule has 2 rings (SSSR count). The lowest BCUT2D eigenvalue weighted by molar-refractivity contribution is 0.586. The van der Waals surface area contributed by atoms with Gasteiger partial charge in [-0.15, -0.1) is 0 Å². The molecule has 4 heteroatoms. The van der Waals surface area contributed by atoms with Gasteiger partial charge in [0.15, 0.2) is 0 Å². The van der Waals surface area contributed by atoms with Crippen molar-refractivity contribution in [2.45, 2.75) is 33.0 Å². The van der Waals surface area contributed by atoms with Crippen molar-refractivity contribution in [3.8, 4) is 0 Å². The Hall–Kier alpha value is -1.32. The Balaban J connectivity index is 2.05. The number of aromatic nitrogens is 1. The van der Waals surface area contributed by atoms with Crippen molar-refractivity contribution in [1.82, 2.24) is 9.88 Å². The zero-order valence-electron chi connectivity index (χ0n) is 11.2. The summed E-state index contributed by atoms with van der Waals surface area (Å²) in [5, 5.41) is 3.52. The van der Waals surface area contributed by atoms with Gasteiger partial charge in [-0.25, -0.2) is 4.39 Å². The fraction of sp³-hybridized carbons (Fsp3) is 0.333. The average molecular weight is 281 g/mol. The monoisotopic (exact) mass is 280 g/mol. The number of benzene rings is 1. The summed E-state index contributed by atoms with van der Waals surface area (Å²) in [6, 6.07) is 7.58. The van der Waals surface area contributed by atoms with Crippen molar-refractivity contribution in [3.05, 3.63) is 58.6 Å². The van der Waals surface area contributed by atoms with E-state index in [1.807, 2.05) is 23.0 Å². The molecule has 1 heterocycles. The van der Waals surface area contributed by atoms with E-state index in [9.17, 15) is 4.39 Å². The fourth-order valence-electron chi connectivity index (χ4n) is 1.88. The van der Waals surface area contributed by atoms with Crippen LogP contribution in [0.3, 0.4) is 0 Å². The lowest BCUT2D eigenvalue weighted by Crippen LogP contribution is -2.21. The van der Waals surface area contributed by atoms with Crippen LogP contribution in [0.25, 0.3) is 0 Å². The van der Waals surface area contributed by atoms with Crippen molar-refractivity contribution in [2.24, 2.45) is 0 Å². The van der Waals surface area contributed by atoms with Gasteiger partial charge in [0, 0.05) is 37.1 Å². The SMILES string of the molecule is CC(C)NCc1ccn(Cc2cccc(Cl)c2F)c1. The number of rotatable bonds is 5. The van der Waals surface area contributed by atoms with E-state index in [-0.39, 0.29) is 10.8 Å². The molecule has 0 aliphatic heterocycles. The van der Waals surface area contributed by atoms with Crippen LogP contribution in [0.1, 0.15) is 25.0 Å². The minimum Gasteiger partial charge on any atom is -0.349 e. The third-order valence-electron chi connectivity index (χ3n) is 2.91. The Morgan fingerprint density at radius 2 is 2.11 bits per heavy atom. The molecule has 0 spiro atoms. The summed E-state index contributed by atoms with van der Waals surface area (Å²) in [6.07, 6.45) is 3.98. The van der Waals surface area contributed by atoms with Crippen LogP contribution in [-0.2, 0) is 13.1 Å². The molecule has 0 atom stereocenters. The minimum absolute atomic E-state index is 0.173. The van der Waals surface area contributed by atoms with Crippen LogP contribution < -0.4 is 5.32 Å². The number of halogens is 2. The van der Waals surface area contributed by atoms with Gasteiger partial charge in [0.25, 0.3) is 0 Å². The van der Waals surface area contributed by atoms with E-state index < -0.39 is 0 Å². The van der Waals surface area contributed by atoms with Crippen molar-refractivity contribution >= 4 is 11.6 Å². The van der Waals surface area contributed by atoms with Crippen LogP contribution in [-0.4, -0.2) is 10.6 Å². The van der Waals surface area contributed by atoms with E-state index in [1.54, 1.807) is 18.2 Å². The molecular formula is C15H18ClFN2. The first-order valence-corrected chi connectivity index (χ1v) is 6.75. The summed E-state index contributed by atoms with van der Waals surface area (Å²) in [5.74, 6) is -0.334. The highest BCUT2D eigenvalue weighted by molar-refractivity contribution is 6.30. The van der Waals surface area contributed by atoms with Crippen molar-refractivity contribution in [3.63, 3.8) is 0 Å². The van der Waals surface area contributed by atoms with Gasteiger partial charge in [-0.05, 0) is 17.7 Å². The Labute approximate surface area is 118 Å². The first-order valence-electron chi connectivity index (χ1n) is 6.37. The second-order valence-corrected chi connectivity index (χ2v) is 5.35. The summed E-state index contributed by atoms with van der Waals surface area (Å²) in [5.41, 5.74) is 1.79. The highest BCUT2D eigenvalue weighted by Gasteiger charge is 2.07. The van der Waals surface area contributed by atoms with Crippen LogP contribution in [0.15, 0.2) is 36.7 Å². The standard InChI is InChI=1S/C15H18ClFN2/c1-11(2)18-8-12-6-7-19(9-12)10-13-4-3-5-14(16)15(13)17/h3-7,9,11,18H,8,10H2,1-2H3. The fourth-order valence-corrected chi connectivity index (χ4v) is 2.08. The summed E-state index contributed by atoms with van der Waals surface area (Å²) >= 11 is 5.78. The van der Waals surface area contributed by atoms with Crippen LogP contribution >= 0.6 is 11.6 Å². The molecule has 1 aromatic heterocycles. The van der Waals surface area contributed by atoms with Gasteiger partial charge in [-0.3, -0.25) is 0 Å². The lowest BCUT2D eigenvalue weighted by Gasteiger charge is -2.07. The van der Waals surface area contributed by atoms with Crippen LogP contribution in [0, 0.1) is 5.82 Å². The molecule has 0 radical (unpaired) electrons. The first kappa shape index (κ1) is 14.1. The molecule has 2 nitrogen and oxygen atoms in total. The topological polar surface area (TPSA) is 17.0 Å². The Bertz CT molecular complexity index is 549. The maximum atomic E-state index is 13.8. The Kier molecular flexibility index (Phi) is 4.61. The average Bonchev–Trinajstić information content (AvgIpc) is 2.80. The lowest BCUT2D eigenvalue weighted by atomic mass is 10.2. The molecule has 0 saturated heterocycles. The minimum atomic E-state index is -0.334. The van der Waals surface area contributed by atoms with Crippen LogP contribution in [0.5, 0.6) is 0 Å². The summed E-state index contributed by atoms with van der Waals surface area (Å²) in [4.78, 5) is 0. The van der Waals surface area contributed by atoms with E-state index in [0.717, 1.165) is 6.54 Å². The molecule has 0 bridgehead atoms. The second kappa shape index (κ2) is 6.22. The Morgan fingerprint density at radius 3 is 2.84 bits per heavy atom. The molecule has 0 aliphatic carbocycles. The van der Waals surface area contributed by atoms with Gasteiger partial charge in [0.05, 0.1) is 5.02 Å². The molecule has 0 amide bonds. The summed E-state index contributed by atoms with van der Waals surface area (Å²) < 4.78 is 15.8. The van der Waals surface area contributed by atoms with Gasteiger partial charge in [-0.1, -0.05) is 37.6 Å². The van der Waals surface area contributed by atoms with Gasteiger partial charge < -0.3 is 9.88 Å². The molecule has 2 aromatic rings. The molecule has 1 aromatic carbocycles. The van der Waals surface area contributed by atoms with Gasteiger partial charge in [0.1, 0.15) is 5.82 Å². The number of nitrogens with one attached hydrogen (secondary N) is 1. The molecule has 0 fully saturated rings. The molecule has 19 heavy (non-hydrogen) atoms. The number of hydrogen-bond acceptors (Lipinski definition) is 1. The third kappa shape index (κ3) is 3.82. The molecular weight excluding hydrogens is 263 g/mol. The van der Waals surface area contributed by atoms with Crippen LogP contribution in [0.4, 0.5) is 4.39 Å². The normalized spacial score (nSPS) is 11.2. The highest BCUT2D eigenvalue weighted by atomic mass is 35.5. The summed E-state index contributed by atoms with van der Waals surface area (Å²) in [7, 11) is 0. The van der Waals surface area contributed by atoms with E-state index >= 15 is 0 Å². The van der Waals surface area contributed by atoms with Gasteiger partial charge in [-0.2, -0.15) is 0 Å². The zero-order valence-corrected chi connectivity index (χ0v) is 11.9. The molecule has 0 saturated carbocycles. The maximum absolute atomic E-state index is 13.8. The van der Waals surface area contributed by atoms with Crippen molar-refractivity contribution in [2.75, 3.05) is 0 Å².